The van der Waals surface area contributed by atoms with Crippen LogP contribution in [0.4, 0.5) is 0 Å². The van der Waals surface area contributed by atoms with Crippen LogP contribution in [0.1, 0.15) is 32.5 Å². The third-order valence-corrected chi connectivity index (χ3v) is 3.12. The zero-order chi connectivity index (χ0) is 14.0. The molecule has 0 bridgehead atoms. The molecule has 1 atom stereocenters. The van der Waals surface area contributed by atoms with Crippen molar-refractivity contribution >= 4 is 5.97 Å². The van der Waals surface area contributed by atoms with Gasteiger partial charge >= 0.3 is 5.97 Å². The van der Waals surface area contributed by atoms with Gasteiger partial charge in [0.25, 0.3) is 0 Å². The Morgan fingerprint density at radius 3 is 2.89 bits per heavy atom. The van der Waals surface area contributed by atoms with E-state index in [0.29, 0.717) is 31.3 Å². The minimum Gasteiger partial charge on any atom is -0.480 e. The number of rotatable bonds is 3. The van der Waals surface area contributed by atoms with Crippen molar-refractivity contribution in [1.29, 1.82) is 0 Å². The number of aromatic nitrogens is 2. The summed E-state index contributed by atoms with van der Waals surface area (Å²) in [6.07, 6.45) is 0. The van der Waals surface area contributed by atoms with Crippen LogP contribution in [-0.2, 0) is 16.8 Å². The summed E-state index contributed by atoms with van der Waals surface area (Å²) in [5.74, 6) is 0.283. The maximum Gasteiger partial charge on any atom is 0.322 e. The van der Waals surface area contributed by atoms with Gasteiger partial charge < -0.3 is 14.9 Å². The molecule has 1 unspecified atom stereocenters. The molecule has 106 valence electrons. The van der Waals surface area contributed by atoms with Crippen LogP contribution in [0.5, 0.6) is 0 Å². The summed E-state index contributed by atoms with van der Waals surface area (Å²) in [6, 6.07) is -0.543. The van der Waals surface area contributed by atoms with Crippen molar-refractivity contribution in [3.63, 3.8) is 0 Å². The summed E-state index contributed by atoms with van der Waals surface area (Å²) in [4.78, 5) is 17.4. The monoisotopic (exact) mass is 268 g/mol. The third-order valence-electron chi connectivity index (χ3n) is 3.12. The molecule has 1 aliphatic rings. The van der Waals surface area contributed by atoms with E-state index in [-0.39, 0.29) is 5.41 Å². The molecule has 0 saturated carbocycles. The molecule has 1 aliphatic heterocycles. The lowest BCUT2D eigenvalue weighted by Crippen LogP contribution is -2.54. The quantitative estimate of drug-likeness (QED) is 0.810. The highest BCUT2D eigenvalue weighted by atomic mass is 16.5. The van der Waals surface area contributed by atoms with Crippen LogP contribution in [-0.4, -0.2) is 51.8 Å². The first-order chi connectivity index (χ1) is 8.88. The molecular weight excluding hydrogens is 248 g/mol. The SMILES string of the molecule is CC(C)(C)c1noc(CN2CCNCC2C(=O)O)n1. The smallest absolute Gasteiger partial charge is 0.322 e. The summed E-state index contributed by atoms with van der Waals surface area (Å²) >= 11 is 0. The van der Waals surface area contributed by atoms with Crippen molar-refractivity contribution in [2.24, 2.45) is 0 Å². The topological polar surface area (TPSA) is 91.5 Å². The van der Waals surface area contributed by atoms with Gasteiger partial charge in [-0.05, 0) is 0 Å². The third kappa shape index (κ3) is 3.30. The van der Waals surface area contributed by atoms with Crippen molar-refractivity contribution in [3.05, 3.63) is 11.7 Å². The predicted octanol–water partition coefficient (Wildman–Crippen LogP) is 0.226. The van der Waals surface area contributed by atoms with Gasteiger partial charge in [0.15, 0.2) is 5.82 Å². The van der Waals surface area contributed by atoms with Crippen molar-refractivity contribution in [1.82, 2.24) is 20.4 Å². The minimum atomic E-state index is -0.831. The van der Waals surface area contributed by atoms with Gasteiger partial charge in [-0.25, -0.2) is 0 Å². The number of piperazine rings is 1. The summed E-state index contributed by atoms with van der Waals surface area (Å²) < 4.78 is 5.21. The molecule has 1 aromatic heterocycles. The largest absolute Gasteiger partial charge is 0.480 e. The number of hydrogen-bond acceptors (Lipinski definition) is 6. The van der Waals surface area contributed by atoms with Gasteiger partial charge in [-0.2, -0.15) is 4.98 Å². The highest BCUT2D eigenvalue weighted by molar-refractivity contribution is 5.73. The Hall–Kier alpha value is -1.47. The van der Waals surface area contributed by atoms with Crippen LogP contribution in [0.3, 0.4) is 0 Å². The highest BCUT2D eigenvalue weighted by Crippen LogP contribution is 2.19. The van der Waals surface area contributed by atoms with E-state index < -0.39 is 12.0 Å². The fraction of sp³-hybridized carbons (Fsp3) is 0.750. The normalized spacial score (nSPS) is 21.5. The van der Waals surface area contributed by atoms with Gasteiger partial charge in [0, 0.05) is 25.0 Å². The van der Waals surface area contributed by atoms with Crippen molar-refractivity contribution < 1.29 is 14.4 Å². The first-order valence-corrected chi connectivity index (χ1v) is 6.38. The molecule has 0 aliphatic carbocycles. The second kappa shape index (κ2) is 5.26. The van der Waals surface area contributed by atoms with E-state index >= 15 is 0 Å². The molecule has 0 spiro atoms. The van der Waals surface area contributed by atoms with Crippen molar-refractivity contribution in [3.8, 4) is 0 Å². The molecule has 0 aromatic carbocycles. The van der Waals surface area contributed by atoms with Crippen LogP contribution < -0.4 is 5.32 Å². The first kappa shape index (κ1) is 14.0. The van der Waals surface area contributed by atoms with E-state index in [9.17, 15) is 9.90 Å². The zero-order valence-electron chi connectivity index (χ0n) is 11.5. The first-order valence-electron chi connectivity index (χ1n) is 6.38. The summed E-state index contributed by atoms with van der Waals surface area (Å²) in [5, 5.41) is 16.2. The second-order valence-corrected chi connectivity index (χ2v) is 5.79. The molecular formula is C12H20N4O3. The van der Waals surface area contributed by atoms with E-state index in [1.807, 2.05) is 25.7 Å². The van der Waals surface area contributed by atoms with E-state index in [4.69, 9.17) is 4.52 Å². The van der Waals surface area contributed by atoms with Crippen LogP contribution in [0.25, 0.3) is 0 Å². The fourth-order valence-electron chi connectivity index (χ4n) is 1.98. The van der Waals surface area contributed by atoms with Gasteiger partial charge in [-0.15, -0.1) is 0 Å². The van der Waals surface area contributed by atoms with E-state index in [1.165, 1.54) is 0 Å². The zero-order valence-corrected chi connectivity index (χ0v) is 11.5. The number of nitrogens with one attached hydrogen (secondary N) is 1. The van der Waals surface area contributed by atoms with Crippen molar-refractivity contribution in [2.75, 3.05) is 19.6 Å². The molecule has 7 nitrogen and oxygen atoms in total. The Balaban J connectivity index is 2.07. The number of carboxylic acid groups (broad SMARTS) is 1. The van der Waals surface area contributed by atoms with Gasteiger partial charge in [0.1, 0.15) is 6.04 Å². The number of aliphatic carboxylic acids is 1. The lowest BCUT2D eigenvalue weighted by atomic mass is 9.96. The summed E-state index contributed by atoms with van der Waals surface area (Å²) in [6.45, 7) is 8.26. The highest BCUT2D eigenvalue weighted by Gasteiger charge is 2.30. The van der Waals surface area contributed by atoms with Crippen LogP contribution >= 0.6 is 0 Å². The van der Waals surface area contributed by atoms with Gasteiger partial charge in [0.2, 0.25) is 5.89 Å². The minimum absolute atomic E-state index is 0.169. The molecule has 1 saturated heterocycles. The van der Waals surface area contributed by atoms with Crippen LogP contribution in [0.2, 0.25) is 0 Å². The maximum absolute atomic E-state index is 11.2. The van der Waals surface area contributed by atoms with Crippen LogP contribution in [0, 0.1) is 0 Å². The molecule has 19 heavy (non-hydrogen) atoms. The average molecular weight is 268 g/mol. The van der Waals surface area contributed by atoms with Crippen molar-refractivity contribution in [2.45, 2.75) is 38.8 Å². The molecule has 7 heteroatoms. The summed E-state index contributed by atoms with van der Waals surface area (Å²) in [5.41, 5.74) is -0.169. The predicted molar refractivity (Wildman–Crippen MR) is 67.7 cm³/mol. The van der Waals surface area contributed by atoms with Crippen LogP contribution in [0.15, 0.2) is 4.52 Å². The molecule has 2 rings (SSSR count). The van der Waals surface area contributed by atoms with E-state index in [2.05, 4.69) is 15.5 Å². The Labute approximate surface area is 112 Å². The standard InChI is InChI=1S/C12H20N4O3/c1-12(2,3)11-14-9(19-15-11)7-16-5-4-13-6-8(16)10(17)18/h8,13H,4-7H2,1-3H3,(H,17,18). The Morgan fingerprint density at radius 1 is 1.58 bits per heavy atom. The Bertz CT molecular complexity index is 452. The van der Waals surface area contributed by atoms with Gasteiger partial charge in [-0.1, -0.05) is 25.9 Å². The number of carbonyl (C=O) groups is 1. The fourth-order valence-corrected chi connectivity index (χ4v) is 1.98. The summed E-state index contributed by atoms with van der Waals surface area (Å²) in [7, 11) is 0. The lowest BCUT2D eigenvalue weighted by Gasteiger charge is -2.32. The molecule has 0 radical (unpaired) electrons. The van der Waals surface area contributed by atoms with E-state index in [1.54, 1.807) is 0 Å². The number of hydrogen-bond donors (Lipinski definition) is 2. The Kier molecular flexibility index (Phi) is 3.86. The molecule has 1 fully saturated rings. The van der Waals surface area contributed by atoms with Gasteiger partial charge in [-0.3, -0.25) is 9.69 Å². The number of nitrogens with zero attached hydrogens (tertiary/aromatic N) is 3. The van der Waals surface area contributed by atoms with Gasteiger partial charge in [0.05, 0.1) is 6.54 Å². The lowest BCUT2D eigenvalue weighted by molar-refractivity contribution is -0.144. The maximum atomic E-state index is 11.2. The number of carboxylic acids is 1. The molecule has 0 amide bonds. The van der Waals surface area contributed by atoms with E-state index in [0.717, 1.165) is 6.54 Å². The molecule has 2 heterocycles. The second-order valence-electron chi connectivity index (χ2n) is 5.79. The Morgan fingerprint density at radius 2 is 2.32 bits per heavy atom. The average Bonchev–Trinajstić information content (AvgIpc) is 2.77. The molecule has 2 N–H and O–H groups in total. The molecule has 1 aromatic rings.